The van der Waals surface area contributed by atoms with Crippen molar-refractivity contribution in [3.63, 3.8) is 0 Å². The number of aliphatic carboxylic acids is 1. The molecule has 2 nitrogen and oxygen atoms in total. The van der Waals surface area contributed by atoms with Crippen LogP contribution in [0, 0.1) is 0 Å². The van der Waals surface area contributed by atoms with Crippen molar-refractivity contribution in [1.82, 2.24) is 0 Å². The smallest absolute Gasteiger partial charge is 0.550 e. The van der Waals surface area contributed by atoms with Gasteiger partial charge in [-0.15, -0.1) is 0 Å². The Bertz CT molecular complexity index is 1300. The zero-order valence-electron chi connectivity index (χ0n) is 26.1. The molecule has 0 amide bonds. The molecule has 0 aliphatic carbocycles. The molecular weight excluding hydrogens is 588 g/mol. The molecule has 0 aromatic heterocycles. The monoisotopic (exact) mass is 630 g/mol. The van der Waals surface area contributed by atoms with Gasteiger partial charge in [-0.1, -0.05) is 153 Å². The number of hydrogen-bond acceptors (Lipinski definition) is 4. The number of rotatable bonds is 16. The van der Waals surface area contributed by atoms with Crippen LogP contribution in [-0.4, -0.2) is 22.7 Å². The molecule has 0 N–H and O–H groups in total. The molecule has 4 rings (SSSR count). The van der Waals surface area contributed by atoms with E-state index < -0.39 is 5.97 Å². The van der Waals surface area contributed by atoms with E-state index in [9.17, 15) is 9.90 Å². The Kier molecular flexibility index (Phi) is 20.4. The number of unbranched alkanes of at least 4 members (excludes halogenated alkanes) is 1. The average molecular weight is 631 g/mol. The molecule has 1 atom stereocenters. The number of carbonyl (C=O) groups is 1. The summed E-state index contributed by atoms with van der Waals surface area (Å²) in [6.45, 7) is 2.19. The zero-order chi connectivity index (χ0) is 30.4. The minimum absolute atomic E-state index is 0. The van der Waals surface area contributed by atoms with Crippen LogP contribution in [0.15, 0.2) is 115 Å². The van der Waals surface area contributed by atoms with Crippen LogP contribution in [0.25, 0.3) is 24.3 Å². The van der Waals surface area contributed by atoms with E-state index in [0.29, 0.717) is 5.25 Å². The molecule has 0 radical (unpaired) electrons. The summed E-state index contributed by atoms with van der Waals surface area (Å²) in [5, 5.41) is 11.2. The predicted octanol–water partition coefficient (Wildman–Crippen LogP) is 6.77. The third kappa shape index (κ3) is 17.1. The molecule has 5 heteroatoms. The van der Waals surface area contributed by atoms with Gasteiger partial charge in [-0.25, -0.2) is 0 Å². The van der Waals surface area contributed by atoms with Crippen molar-refractivity contribution in [3.8, 4) is 0 Å². The van der Waals surface area contributed by atoms with Crippen molar-refractivity contribution in [2.24, 2.45) is 0 Å². The molecule has 4 aromatic carbocycles. The van der Waals surface area contributed by atoms with Crippen LogP contribution in [0.3, 0.4) is 0 Å². The van der Waals surface area contributed by atoms with Gasteiger partial charge in [-0.05, 0) is 65.0 Å². The second-order valence-electron chi connectivity index (χ2n) is 10.2. The van der Waals surface area contributed by atoms with Crippen LogP contribution >= 0.6 is 23.5 Å². The normalized spacial score (nSPS) is 11.5. The predicted molar refractivity (Wildman–Crippen MR) is 190 cm³/mol. The Labute approximate surface area is 295 Å². The van der Waals surface area contributed by atoms with Crippen molar-refractivity contribution >= 4 is 53.8 Å². The molecule has 0 spiro atoms. The van der Waals surface area contributed by atoms with Gasteiger partial charge in [0.15, 0.2) is 0 Å². The molecule has 44 heavy (non-hydrogen) atoms. The maximum Gasteiger partial charge on any atom is 1.00 e. The van der Waals surface area contributed by atoms with Crippen molar-refractivity contribution in [2.45, 2.75) is 50.0 Å². The van der Waals surface area contributed by atoms with E-state index in [1.54, 1.807) is 0 Å². The van der Waals surface area contributed by atoms with E-state index in [4.69, 9.17) is 0 Å². The van der Waals surface area contributed by atoms with Gasteiger partial charge in [-0.3, -0.25) is 0 Å². The van der Waals surface area contributed by atoms with E-state index in [-0.39, 0.29) is 36.0 Å². The van der Waals surface area contributed by atoms with Gasteiger partial charge in [0.2, 0.25) is 0 Å². The van der Waals surface area contributed by atoms with E-state index in [1.807, 2.05) is 66.0 Å². The first-order valence-corrected chi connectivity index (χ1v) is 17.3. The molecule has 0 fully saturated rings. The quantitative estimate of drug-likeness (QED) is 0.0778. The van der Waals surface area contributed by atoms with Crippen molar-refractivity contribution in [2.75, 3.05) is 11.5 Å². The minimum atomic E-state index is -0.929. The minimum Gasteiger partial charge on any atom is -0.550 e. The van der Waals surface area contributed by atoms with Gasteiger partial charge in [0, 0.05) is 17.0 Å². The first-order chi connectivity index (χ1) is 21.1. The first kappa shape index (κ1) is 37.7. The van der Waals surface area contributed by atoms with E-state index in [1.165, 1.54) is 34.2 Å². The Morgan fingerprint density at radius 3 is 1.55 bits per heavy atom. The summed E-state index contributed by atoms with van der Waals surface area (Å²) in [4.78, 5) is 10.5. The molecule has 1 unspecified atom stereocenters. The van der Waals surface area contributed by atoms with Crippen LogP contribution in [0.2, 0.25) is 0 Å². The molecule has 0 bridgehead atoms. The van der Waals surface area contributed by atoms with Gasteiger partial charge in [-0.2, -0.15) is 23.5 Å². The molecule has 0 saturated carbocycles. The van der Waals surface area contributed by atoms with Crippen LogP contribution in [0.1, 0.15) is 66.8 Å². The number of carboxylic acid groups (broad SMARTS) is 1. The number of carboxylic acids is 1. The Balaban J connectivity index is 0.000000375. The fraction of sp³-hybridized carbons (Fsp3) is 0.256. The molecule has 0 aliphatic heterocycles. The Morgan fingerprint density at radius 1 is 0.659 bits per heavy atom. The SMILES string of the molecule is C(=C\c1ccccc1)/c1ccccc1.CCSC(CCCCC(=O)[O-])CCSCc1ccc(/C=C/c2ccccc2)cc1.[Na+]. The summed E-state index contributed by atoms with van der Waals surface area (Å²) in [6.07, 6.45) is 12.7. The zero-order valence-corrected chi connectivity index (χ0v) is 29.8. The summed E-state index contributed by atoms with van der Waals surface area (Å²) in [7, 11) is 0. The second kappa shape index (κ2) is 23.9. The van der Waals surface area contributed by atoms with Gasteiger partial charge in [0.05, 0.1) is 0 Å². The molecule has 0 aliphatic rings. The Hall–Kier alpha value is -2.47. The average Bonchev–Trinajstić information content (AvgIpc) is 3.05. The van der Waals surface area contributed by atoms with E-state index in [0.717, 1.165) is 36.5 Å². The number of carbonyl (C=O) groups excluding carboxylic acids is 1. The maximum absolute atomic E-state index is 10.5. The van der Waals surface area contributed by atoms with Crippen LogP contribution in [0.4, 0.5) is 0 Å². The maximum atomic E-state index is 10.5. The topological polar surface area (TPSA) is 40.1 Å². The third-order valence-electron chi connectivity index (χ3n) is 6.73. The second-order valence-corrected chi connectivity index (χ2v) is 12.9. The summed E-state index contributed by atoms with van der Waals surface area (Å²) in [5.74, 6) is 2.38. The fourth-order valence-corrected chi connectivity index (χ4v) is 6.66. The molecule has 0 heterocycles. The Morgan fingerprint density at radius 2 is 1.11 bits per heavy atom. The third-order valence-corrected chi connectivity index (χ3v) is 9.07. The number of benzene rings is 4. The summed E-state index contributed by atoms with van der Waals surface area (Å²) in [6, 6.07) is 39.8. The van der Waals surface area contributed by atoms with Crippen molar-refractivity contribution in [3.05, 3.63) is 143 Å². The largest absolute Gasteiger partial charge is 1.00 e. The molecule has 224 valence electrons. The van der Waals surface area contributed by atoms with Crippen molar-refractivity contribution < 1.29 is 39.5 Å². The number of hydrogen-bond donors (Lipinski definition) is 0. The molecule has 4 aromatic rings. The fourth-order valence-electron chi connectivity index (χ4n) is 4.40. The first-order valence-electron chi connectivity index (χ1n) is 15.1. The van der Waals surface area contributed by atoms with Gasteiger partial charge in [0.25, 0.3) is 0 Å². The summed E-state index contributed by atoms with van der Waals surface area (Å²) in [5.41, 5.74) is 6.26. The van der Waals surface area contributed by atoms with Gasteiger partial charge in [0.1, 0.15) is 0 Å². The van der Waals surface area contributed by atoms with E-state index >= 15 is 0 Å². The standard InChI is InChI=1S/C25H32O2S2.C14H12.Na/c1-2-29-24(10-6-7-11-25(26)27)18-19-28-20-23-16-14-22(15-17-23)13-12-21-8-4-3-5-9-21;1-3-7-13(8-4-1)11-12-14-9-5-2-6-10-14;/h3-5,8-9,12-17,24H,2,6-7,10-11,18-20H2,1H3,(H,26,27);1-12H;/q;;+1/p-1/b13-12+;12-11+;. The summed E-state index contributed by atoms with van der Waals surface area (Å²) < 4.78 is 0. The van der Waals surface area contributed by atoms with Crippen LogP contribution in [0.5, 0.6) is 0 Å². The van der Waals surface area contributed by atoms with Gasteiger partial charge < -0.3 is 9.90 Å². The molecule has 0 saturated heterocycles. The molecular formula is C39H43NaO2S2. The summed E-state index contributed by atoms with van der Waals surface area (Å²) >= 11 is 3.99. The number of thioether (sulfide) groups is 2. The van der Waals surface area contributed by atoms with Crippen molar-refractivity contribution in [1.29, 1.82) is 0 Å². The van der Waals surface area contributed by atoms with Gasteiger partial charge >= 0.3 is 29.6 Å². The van der Waals surface area contributed by atoms with Crippen LogP contribution in [-0.2, 0) is 10.5 Å². The van der Waals surface area contributed by atoms with E-state index in [2.05, 4.69) is 104 Å². The van der Waals surface area contributed by atoms with Crippen LogP contribution < -0.4 is 34.7 Å².